The minimum absolute atomic E-state index is 0.506. The van der Waals surface area contributed by atoms with Crippen molar-refractivity contribution in [1.29, 1.82) is 0 Å². The van der Waals surface area contributed by atoms with Gasteiger partial charge in [-0.3, -0.25) is 4.79 Å². The molecule has 0 aromatic rings. The number of hydrogen-bond acceptors (Lipinski definition) is 1. The van der Waals surface area contributed by atoms with Gasteiger partial charge in [0.1, 0.15) is 5.78 Å². The average molecular weight is 152 g/mol. The highest BCUT2D eigenvalue weighted by molar-refractivity contribution is 5.86. The van der Waals surface area contributed by atoms with E-state index in [1.165, 1.54) is 38.5 Å². The van der Waals surface area contributed by atoms with Gasteiger partial charge in [0.05, 0.1) is 0 Å². The second-order valence-corrected chi connectivity index (χ2v) is 4.31. The molecule has 2 fully saturated rings. The molecular formula is C10H16O. The van der Waals surface area contributed by atoms with E-state index in [-0.39, 0.29) is 0 Å². The lowest BCUT2D eigenvalue weighted by Gasteiger charge is -2.39. The fourth-order valence-corrected chi connectivity index (χ4v) is 2.62. The molecular weight excluding hydrogens is 136 g/mol. The molecule has 2 aliphatic rings. The van der Waals surface area contributed by atoms with Crippen molar-refractivity contribution in [3.05, 3.63) is 0 Å². The normalized spacial score (nSPS) is 29.6. The Morgan fingerprint density at radius 3 is 1.91 bits per heavy atom. The Balaban J connectivity index is 1.96. The van der Waals surface area contributed by atoms with E-state index in [0.29, 0.717) is 11.2 Å². The highest BCUT2D eigenvalue weighted by atomic mass is 16.1. The Bertz CT molecular complexity index is 154. The minimum atomic E-state index is 0.506. The number of Topliss-reactive ketones (excluding diaryl/α,β-unsaturated/α-hetero) is 1. The molecule has 2 saturated carbocycles. The van der Waals surface area contributed by atoms with Crippen molar-refractivity contribution >= 4 is 5.78 Å². The van der Waals surface area contributed by atoms with Crippen LogP contribution in [0.2, 0.25) is 0 Å². The molecule has 0 N–H and O–H groups in total. The summed E-state index contributed by atoms with van der Waals surface area (Å²) in [6.07, 6.45) is 10.0. The lowest BCUT2D eigenvalue weighted by Crippen LogP contribution is -2.36. The fourth-order valence-electron chi connectivity index (χ4n) is 2.62. The summed E-state index contributed by atoms with van der Waals surface area (Å²) in [6, 6.07) is 0. The Hall–Kier alpha value is -0.330. The van der Waals surface area contributed by atoms with E-state index in [2.05, 4.69) is 0 Å². The van der Waals surface area contributed by atoms with Gasteiger partial charge in [0, 0.05) is 12.8 Å². The molecule has 0 aromatic heterocycles. The van der Waals surface area contributed by atoms with Crippen molar-refractivity contribution in [2.45, 2.75) is 51.4 Å². The summed E-state index contributed by atoms with van der Waals surface area (Å²) < 4.78 is 0. The summed E-state index contributed by atoms with van der Waals surface area (Å²) in [7, 11) is 0. The number of hydrogen-bond donors (Lipinski definition) is 0. The molecule has 0 radical (unpaired) electrons. The van der Waals surface area contributed by atoms with Crippen LogP contribution in [0.5, 0.6) is 0 Å². The summed E-state index contributed by atoms with van der Waals surface area (Å²) in [5, 5.41) is 0. The number of ketones is 1. The first kappa shape index (κ1) is 7.33. The SMILES string of the molecule is O=C1CC2(CCCCCC2)C1. The minimum Gasteiger partial charge on any atom is -0.300 e. The topological polar surface area (TPSA) is 17.1 Å². The van der Waals surface area contributed by atoms with Gasteiger partial charge >= 0.3 is 0 Å². The first-order chi connectivity index (χ1) is 5.31. The maximum atomic E-state index is 10.9. The van der Waals surface area contributed by atoms with E-state index in [4.69, 9.17) is 0 Å². The Morgan fingerprint density at radius 1 is 0.909 bits per heavy atom. The number of carbonyl (C=O) groups is 1. The largest absolute Gasteiger partial charge is 0.300 e. The zero-order valence-corrected chi connectivity index (χ0v) is 7.07. The molecule has 62 valence electrons. The van der Waals surface area contributed by atoms with Gasteiger partial charge in [-0.05, 0) is 18.3 Å². The monoisotopic (exact) mass is 152 g/mol. The third kappa shape index (κ3) is 1.33. The summed E-state index contributed by atoms with van der Waals surface area (Å²) >= 11 is 0. The van der Waals surface area contributed by atoms with Crippen LogP contribution >= 0.6 is 0 Å². The fraction of sp³-hybridized carbons (Fsp3) is 0.900. The number of rotatable bonds is 0. The van der Waals surface area contributed by atoms with Crippen LogP contribution < -0.4 is 0 Å². The summed E-state index contributed by atoms with van der Waals surface area (Å²) in [5.74, 6) is 0.506. The van der Waals surface area contributed by atoms with E-state index in [1.54, 1.807) is 0 Å². The maximum absolute atomic E-state index is 10.9. The molecule has 2 aliphatic carbocycles. The van der Waals surface area contributed by atoms with Gasteiger partial charge < -0.3 is 0 Å². The second-order valence-electron chi connectivity index (χ2n) is 4.31. The third-order valence-corrected chi connectivity index (χ3v) is 3.31. The molecule has 0 aromatic carbocycles. The molecule has 0 unspecified atom stereocenters. The van der Waals surface area contributed by atoms with Gasteiger partial charge in [0.25, 0.3) is 0 Å². The quantitative estimate of drug-likeness (QED) is 0.521. The predicted octanol–water partition coefficient (Wildman–Crippen LogP) is 2.69. The molecule has 1 nitrogen and oxygen atoms in total. The third-order valence-electron chi connectivity index (χ3n) is 3.31. The Labute approximate surface area is 68.2 Å². The molecule has 11 heavy (non-hydrogen) atoms. The lowest BCUT2D eigenvalue weighted by molar-refractivity contribution is -0.133. The lowest BCUT2D eigenvalue weighted by atomic mass is 9.63. The zero-order chi connectivity index (χ0) is 7.73. The molecule has 0 heterocycles. The first-order valence-electron chi connectivity index (χ1n) is 4.83. The van der Waals surface area contributed by atoms with E-state index in [1.807, 2.05) is 0 Å². The van der Waals surface area contributed by atoms with Gasteiger partial charge in [0.2, 0.25) is 0 Å². The smallest absolute Gasteiger partial charge is 0.134 e. The van der Waals surface area contributed by atoms with Crippen molar-refractivity contribution in [3.8, 4) is 0 Å². The van der Waals surface area contributed by atoms with Crippen molar-refractivity contribution in [1.82, 2.24) is 0 Å². The Kier molecular flexibility index (Phi) is 1.74. The summed E-state index contributed by atoms with van der Waals surface area (Å²) in [5.41, 5.74) is 0.508. The van der Waals surface area contributed by atoms with Crippen molar-refractivity contribution in [2.24, 2.45) is 5.41 Å². The van der Waals surface area contributed by atoms with Gasteiger partial charge in [-0.25, -0.2) is 0 Å². The molecule has 1 spiro atoms. The summed E-state index contributed by atoms with van der Waals surface area (Å²) in [4.78, 5) is 10.9. The van der Waals surface area contributed by atoms with Gasteiger partial charge in [-0.1, -0.05) is 25.7 Å². The van der Waals surface area contributed by atoms with Crippen molar-refractivity contribution in [3.63, 3.8) is 0 Å². The molecule has 0 bridgehead atoms. The van der Waals surface area contributed by atoms with Crippen LogP contribution in [0.1, 0.15) is 51.4 Å². The van der Waals surface area contributed by atoms with E-state index in [9.17, 15) is 4.79 Å². The molecule has 0 amide bonds. The van der Waals surface area contributed by atoms with Crippen molar-refractivity contribution < 1.29 is 4.79 Å². The molecule has 0 saturated heterocycles. The van der Waals surface area contributed by atoms with Gasteiger partial charge in [-0.15, -0.1) is 0 Å². The number of carbonyl (C=O) groups excluding carboxylic acids is 1. The van der Waals surface area contributed by atoms with Crippen molar-refractivity contribution in [2.75, 3.05) is 0 Å². The van der Waals surface area contributed by atoms with Crippen LogP contribution in [0.4, 0.5) is 0 Å². The van der Waals surface area contributed by atoms with Crippen LogP contribution in [0, 0.1) is 5.41 Å². The predicted molar refractivity (Wildman–Crippen MR) is 44.4 cm³/mol. The van der Waals surface area contributed by atoms with Gasteiger partial charge in [0.15, 0.2) is 0 Å². The maximum Gasteiger partial charge on any atom is 0.134 e. The highest BCUT2D eigenvalue weighted by Crippen LogP contribution is 2.48. The highest BCUT2D eigenvalue weighted by Gasteiger charge is 2.42. The van der Waals surface area contributed by atoms with Crippen LogP contribution in [-0.2, 0) is 4.79 Å². The van der Waals surface area contributed by atoms with E-state index >= 15 is 0 Å². The van der Waals surface area contributed by atoms with Crippen LogP contribution in [0.25, 0.3) is 0 Å². The molecule has 1 heteroatoms. The first-order valence-corrected chi connectivity index (χ1v) is 4.83. The average Bonchev–Trinajstić information content (AvgIpc) is 2.12. The second kappa shape index (κ2) is 2.62. The van der Waals surface area contributed by atoms with E-state index < -0.39 is 0 Å². The molecule has 0 atom stereocenters. The summed E-state index contributed by atoms with van der Waals surface area (Å²) in [6.45, 7) is 0. The van der Waals surface area contributed by atoms with Crippen LogP contribution in [0.3, 0.4) is 0 Å². The van der Waals surface area contributed by atoms with E-state index in [0.717, 1.165) is 12.8 Å². The van der Waals surface area contributed by atoms with Gasteiger partial charge in [-0.2, -0.15) is 0 Å². The van der Waals surface area contributed by atoms with Crippen LogP contribution in [0.15, 0.2) is 0 Å². The standard InChI is InChI=1S/C10H16O/c11-9-7-10(8-9)5-3-1-2-4-6-10/h1-8H2. The molecule has 2 rings (SSSR count). The van der Waals surface area contributed by atoms with Crippen LogP contribution in [-0.4, -0.2) is 5.78 Å². The zero-order valence-electron chi connectivity index (χ0n) is 7.07. The molecule has 0 aliphatic heterocycles. The Morgan fingerprint density at radius 2 is 1.45 bits per heavy atom.